The maximum Gasteiger partial charge on any atom is 0.274 e. The predicted molar refractivity (Wildman–Crippen MR) is 93.9 cm³/mol. The van der Waals surface area contributed by atoms with Gasteiger partial charge in [0, 0.05) is 10.9 Å². The minimum Gasteiger partial charge on any atom is -0.489 e. The van der Waals surface area contributed by atoms with Crippen molar-refractivity contribution in [2.75, 3.05) is 17.5 Å². The molecule has 2 unspecified atom stereocenters. The van der Waals surface area contributed by atoms with Crippen molar-refractivity contribution >= 4 is 27.0 Å². The smallest absolute Gasteiger partial charge is 0.274 e. The third-order valence-corrected chi connectivity index (χ3v) is 7.75. The lowest BCUT2D eigenvalue weighted by atomic mass is 10.1. The molecular weight excluding hydrogens is 346 g/mol. The molecule has 0 amide bonds. The first-order valence-corrected chi connectivity index (χ1v) is 10.2. The summed E-state index contributed by atoms with van der Waals surface area (Å²) in [5, 5.41) is 0. The Bertz CT molecular complexity index is 850. The summed E-state index contributed by atoms with van der Waals surface area (Å²) in [6.07, 6.45) is 0.945. The molecule has 1 aromatic heterocycles. The topological polar surface area (TPSA) is 70.7 Å². The molecule has 128 valence electrons. The second kappa shape index (κ2) is 6.03. The summed E-state index contributed by atoms with van der Waals surface area (Å²) in [5.74, 6) is 0.611. The van der Waals surface area contributed by atoms with Crippen molar-refractivity contribution in [2.24, 2.45) is 0 Å². The third kappa shape index (κ3) is 2.69. The number of hydrogen-bond acceptors (Lipinski definition) is 6. The van der Waals surface area contributed by atoms with Gasteiger partial charge in [0.1, 0.15) is 16.6 Å². The van der Waals surface area contributed by atoms with E-state index in [4.69, 9.17) is 4.74 Å². The average Bonchev–Trinajstić information content (AvgIpc) is 3.23. The highest BCUT2D eigenvalue weighted by Gasteiger charge is 2.32. The zero-order valence-corrected chi connectivity index (χ0v) is 14.9. The molecule has 24 heavy (non-hydrogen) atoms. The molecule has 3 heterocycles. The van der Waals surface area contributed by atoms with E-state index in [1.165, 1.54) is 15.6 Å². The van der Waals surface area contributed by atoms with Gasteiger partial charge in [-0.15, -0.1) is 11.3 Å². The van der Waals surface area contributed by atoms with Gasteiger partial charge in [-0.1, -0.05) is 12.1 Å². The summed E-state index contributed by atoms with van der Waals surface area (Å²) in [5.41, 5.74) is 6.99. The Kier molecular flexibility index (Phi) is 4.00. The van der Waals surface area contributed by atoms with Crippen molar-refractivity contribution in [1.82, 2.24) is 10.9 Å². The van der Waals surface area contributed by atoms with Crippen molar-refractivity contribution in [3.05, 3.63) is 41.3 Å². The fourth-order valence-corrected chi connectivity index (χ4v) is 6.03. The van der Waals surface area contributed by atoms with E-state index >= 15 is 0 Å². The number of ether oxygens (including phenoxy) is 1. The molecule has 2 aromatic rings. The van der Waals surface area contributed by atoms with E-state index in [9.17, 15) is 8.42 Å². The van der Waals surface area contributed by atoms with Gasteiger partial charge in [0.15, 0.2) is 0 Å². The Labute approximate surface area is 145 Å². The summed E-state index contributed by atoms with van der Waals surface area (Å²) in [6.45, 7) is 2.79. The first kappa shape index (κ1) is 15.9. The number of nitrogens with zero attached hydrogens (tertiary/aromatic N) is 1. The third-order valence-electron chi connectivity index (χ3n) is 4.27. The van der Waals surface area contributed by atoms with Crippen LogP contribution in [0.2, 0.25) is 0 Å². The van der Waals surface area contributed by atoms with Gasteiger partial charge in [0.2, 0.25) is 0 Å². The lowest BCUT2D eigenvalue weighted by Crippen LogP contribution is -2.37. The first-order chi connectivity index (χ1) is 11.6. The van der Waals surface area contributed by atoms with E-state index in [1.54, 1.807) is 18.2 Å². The van der Waals surface area contributed by atoms with Crippen LogP contribution < -0.4 is 19.9 Å². The van der Waals surface area contributed by atoms with Crippen LogP contribution in [0, 0.1) is 0 Å². The number of rotatable bonds is 3. The number of nitrogens with one attached hydrogen (secondary N) is 2. The van der Waals surface area contributed by atoms with Gasteiger partial charge in [-0.25, -0.2) is 13.8 Å². The molecule has 2 aliphatic heterocycles. The van der Waals surface area contributed by atoms with E-state index in [1.807, 2.05) is 18.2 Å². The highest BCUT2D eigenvalue weighted by molar-refractivity contribution is 7.94. The van der Waals surface area contributed by atoms with Crippen LogP contribution in [-0.2, 0) is 10.0 Å². The van der Waals surface area contributed by atoms with Crippen molar-refractivity contribution in [2.45, 2.75) is 29.6 Å². The number of hydrogen-bond donors (Lipinski definition) is 2. The molecule has 0 aliphatic carbocycles. The second-order valence-corrected chi connectivity index (χ2v) is 9.23. The summed E-state index contributed by atoms with van der Waals surface area (Å²) in [6, 6.07) is 11.4. The summed E-state index contributed by atoms with van der Waals surface area (Å²) in [4.78, 5) is 1.03. The van der Waals surface area contributed by atoms with Gasteiger partial charge in [0.05, 0.1) is 18.3 Å². The molecular formula is C16H19N3O3S2. The summed E-state index contributed by atoms with van der Waals surface area (Å²) in [7, 11) is -3.57. The highest BCUT2D eigenvalue weighted by atomic mass is 32.2. The second-order valence-electron chi connectivity index (χ2n) is 6.03. The Balaban J connectivity index is 1.66. The molecule has 6 nitrogen and oxygen atoms in total. The van der Waals surface area contributed by atoms with Crippen molar-refractivity contribution < 1.29 is 13.2 Å². The van der Waals surface area contributed by atoms with E-state index in [2.05, 4.69) is 17.8 Å². The number of benzene rings is 1. The minimum absolute atomic E-state index is 0.158. The Morgan fingerprint density at radius 2 is 2.04 bits per heavy atom. The molecule has 0 bridgehead atoms. The van der Waals surface area contributed by atoms with Crippen LogP contribution in [0.25, 0.3) is 0 Å². The average molecular weight is 365 g/mol. The Morgan fingerprint density at radius 3 is 2.83 bits per heavy atom. The molecule has 0 saturated carbocycles. The van der Waals surface area contributed by atoms with Crippen LogP contribution in [-0.4, -0.2) is 27.6 Å². The SMILES string of the molecule is CC1CC(c2ccc(S(=O)(=O)N3CCOc4ccccc43)s2)NN1. The van der Waals surface area contributed by atoms with Crippen LogP contribution >= 0.6 is 11.3 Å². The van der Waals surface area contributed by atoms with E-state index < -0.39 is 10.0 Å². The number of thiophene rings is 1. The number of anilines is 1. The quantitative estimate of drug-likeness (QED) is 0.873. The van der Waals surface area contributed by atoms with Crippen LogP contribution in [0.5, 0.6) is 5.75 Å². The van der Waals surface area contributed by atoms with Crippen molar-refractivity contribution in [3.63, 3.8) is 0 Å². The Morgan fingerprint density at radius 1 is 1.21 bits per heavy atom. The maximum atomic E-state index is 13.1. The van der Waals surface area contributed by atoms with E-state index in [-0.39, 0.29) is 6.04 Å². The fraction of sp³-hybridized carbons (Fsp3) is 0.375. The fourth-order valence-electron chi connectivity index (χ4n) is 3.06. The number of hydrazine groups is 1. The molecule has 0 radical (unpaired) electrons. The molecule has 2 aliphatic rings. The molecule has 2 N–H and O–H groups in total. The molecule has 1 saturated heterocycles. The lowest BCUT2D eigenvalue weighted by molar-refractivity contribution is 0.316. The normalized spacial score (nSPS) is 23.8. The van der Waals surface area contributed by atoms with Gasteiger partial charge < -0.3 is 4.74 Å². The molecule has 1 aromatic carbocycles. The monoisotopic (exact) mass is 365 g/mol. The molecule has 4 rings (SSSR count). The van der Waals surface area contributed by atoms with Crippen molar-refractivity contribution in [1.29, 1.82) is 0 Å². The Hall–Kier alpha value is -1.61. The van der Waals surface area contributed by atoms with Gasteiger partial charge >= 0.3 is 0 Å². The molecule has 2 atom stereocenters. The van der Waals surface area contributed by atoms with Gasteiger partial charge in [-0.3, -0.25) is 9.73 Å². The van der Waals surface area contributed by atoms with Crippen LogP contribution in [0.15, 0.2) is 40.6 Å². The predicted octanol–water partition coefficient (Wildman–Crippen LogP) is 2.26. The summed E-state index contributed by atoms with van der Waals surface area (Å²) >= 11 is 1.33. The summed E-state index contributed by atoms with van der Waals surface area (Å²) < 4.78 is 33.6. The standard InChI is InChI=1S/C16H19N3O3S2/c1-11-10-12(18-17-11)15-6-7-16(23-15)24(20,21)19-8-9-22-14-5-3-2-4-13(14)19/h2-7,11-12,17-18H,8-10H2,1H3. The van der Waals surface area contributed by atoms with Crippen molar-refractivity contribution in [3.8, 4) is 5.75 Å². The lowest BCUT2D eigenvalue weighted by Gasteiger charge is -2.29. The minimum atomic E-state index is -3.57. The molecule has 8 heteroatoms. The molecule has 0 spiro atoms. The first-order valence-electron chi connectivity index (χ1n) is 7.91. The largest absolute Gasteiger partial charge is 0.489 e. The number of sulfonamides is 1. The van der Waals surface area contributed by atoms with Crippen LogP contribution in [0.1, 0.15) is 24.3 Å². The van der Waals surface area contributed by atoms with E-state index in [0.29, 0.717) is 34.8 Å². The van der Waals surface area contributed by atoms with Crippen LogP contribution in [0.4, 0.5) is 5.69 Å². The van der Waals surface area contributed by atoms with E-state index in [0.717, 1.165) is 11.3 Å². The van der Waals surface area contributed by atoms with Gasteiger partial charge in [-0.2, -0.15) is 0 Å². The number of para-hydroxylation sites is 2. The van der Waals surface area contributed by atoms with Gasteiger partial charge in [-0.05, 0) is 37.6 Å². The maximum absolute atomic E-state index is 13.1. The zero-order chi connectivity index (χ0) is 16.7. The van der Waals surface area contributed by atoms with Gasteiger partial charge in [0.25, 0.3) is 10.0 Å². The highest BCUT2D eigenvalue weighted by Crippen LogP contribution is 2.38. The number of fused-ring (bicyclic) bond motifs is 1. The van der Waals surface area contributed by atoms with Crippen LogP contribution in [0.3, 0.4) is 0 Å². The zero-order valence-electron chi connectivity index (χ0n) is 13.2. The molecule has 1 fully saturated rings.